The molecule has 5 nitrogen and oxygen atoms in total. The van der Waals surface area contributed by atoms with Crippen molar-refractivity contribution in [2.75, 3.05) is 13.1 Å². The first-order valence-corrected chi connectivity index (χ1v) is 8.69. The van der Waals surface area contributed by atoms with Gasteiger partial charge in [0.15, 0.2) is 0 Å². The van der Waals surface area contributed by atoms with Crippen LogP contribution in [0, 0.1) is 0 Å². The number of nitrogens with one attached hydrogen (secondary N) is 1. The first-order chi connectivity index (χ1) is 10.8. The van der Waals surface area contributed by atoms with E-state index in [4.69, 9.17) is 11.6 Å². The molecule has 124 valence electrons. The number of hydrogen-bond donors (Lipinski definition) is 1. The van der Waals surface area contributed by atoms with E-state index in [2.05, 4.69) is 13.2 Å². The molecule has 1 aromatic carbocycles. The summed E-state index contributed by atoms with van der Waals surface area (Å²) in [6.45, 7) is 9.13. The maximum absolute atomic E-state index is 12.1. The normalized spacial score (nSPS) is 11.7. The molecule has 0 saturated carbocycles. The molecule has 0 unspecified atom stereocenters. The Labute approximate surface area is 142 Å². The number of carbonyl (C=O) groups excluding carboxylic acids is 1. The molecular weight excluding hydrogens is 336 g/mol. The summed E-state index contributed by atoms with van der Waals surface area (Å²) in [5.41, 5.74) is 1.18. The molecule has 0 aliphatic carbocycles. The topological polar surface area (TPSA) is 66.5 Å². The zero-order valence-corrected chi connectivity index (χ0v) is 14.4. The summed E-state index contributed by atoms with van der Waals surface area (Å²) < 4.78 is 26.2. The zero-order valence-electron chi connectivity index (χ0n) is 12.8. The average Bonchev–Trinajstić information content (AvgIpc) is 2.46. The predicted molar refractivity (Wildman–Crippen MR) is 94.5 cm³/mol. The standard InChI is InChI=1S/C16H19ClN2O3S/c1-4-10-19(11-5-2)16(20)18-23(21,22)12-13(3)14-6-8-15(17)9-7-14/h4-9,12H,1-2,10-11H2,3H3,(H,18,20)/b13-12+. The van der Waals surface area contributed by atoms with E-state index in [-0.39, 0.29) is 13.1 Å². The minimum atomic E-state index is -3.92. The number of hydrogen-bond acceptors (Lipinski definition) is 3. The van der Waals surface area contributed by atoms with E-state index in [1.807, 2.05) is 4.72 Å². The first-order valence-electron chi connectivity index (χ1n) is 6.77. The van der Waals surface area contributed by atoms with Gasteiger partial charge in [-0.3, -0.25) is 0 Å². The molecule has 0 saturated heterocycles. The van der Waals surface area contributed by atoms with Crippen LogP contribution in [0.1, 0.15) is 12.5 Å². The average molecular weight is 355 g/mol. The van der Waals surface area contributed by atoms with Crippen LogP contribution < -0.4 is 4.72 Å². The molecule has 0 spiro atoms. The Morgan fingerprint density at radius 2 is 1.74 bits per heavy atom. The van der Waals surface area contributed by atoms with E-state index in [9.17, 15) is 13.2 Å². The van der Waals surface area contributed by atoms with Gasteiger partial charge in [0.25, 0.3) is 10.0 Å². The lowest BCUT2D eigenvalue weighted by atomic mass is 10.1. The Kier molecular flexibility index (Phi) is 7.06. The van der Waals surface area contributed by atoms with Crippen LogP contribution in [0.5, 0.6) is 0 Å². The highest BCUT2D eigenvalue weighted by atomic mass is 35.5. The minimum absolute atomic E-state index is 0.216. The lowest BCUT2D eigenvalue weighted by molar-refractivity contribution is 0.214. The molecule has 0 fully saturated rings. The van der Waals surface area contributed by atoms with Crippen LogP contribution in [0.15, 0.2) is 55.0 Å². The molecule has 7 heteroatoms. The third kappa shape index (κ3) is 6.30. The number of nitrogens with zero attached hydrogens (tertiary/aromatic N) is 1. The lowest BCUT2D eigenvalue weighted by Gasteiger charge is -2.19. The zero-order chi connectivity index (χ0) is 17.5. The highest BCUT2D eigenvalue weighted by Gasteiger charge is 2.17. The minimum Gasteiger partial charge on any atom is -0.317 e. The van der Waals surface area contributed by atoms with Crippen LogP contribution in [-0.4, -0.2) is 32.4 Å². The summed E-state index contributed by atoms with van der Waals surface area (Å²) >= 11 is 5.80. The highest BCUT2D eigenvalue weighted by Crippen LogP contribution is 2.17. The van der Waals surface area contributed by atoms with Gasteiger partial charge in [-0.05, 0) is 30.2 Å². The predicted octanol–water partition coefficient (Wildman–Crippen LogP) is 3.41. The maximum Gasteiger partial charge on any atom is 0.331 e. The molecule has 1 N–H and O–H groups in total. The maximum atomic E-state index is 12.1. The van der Waals surface area contributed by atoms with Gasteiger partial charge in [0.2, 0.25) is 0 Å². The van der Waals surface area contributed by atoms with Crippen molar-refractivity contribution in [3.8, 4) is 0 Å². The fourth-order valence-corrected chi connectivity index (χ4v) is 2.94. The van der Waals surface area contributed by atoms with Gasteiger partial charge in [0, 0.05) is 18.1 Å². The number of sulfonamides is 1. The number of rotatable bonds is 7. The molecule has 0 aromatic heterocycles. The largest absolute Gasteiger partial charge is 0.331 e. The van der Waals surface area contributed by atoms with Crippen molar-refractivity contribution in [1.29, 1.82) is 0 Å². The Morgan fingerprint density at radius 3 is 2.22 bits per heavy atom. The quantitative estimate of drug-likeness (QED) is 0.763. The van der Waals surface area contributed by atoms with Gasteiger partial charge in [-0.15, -0.1) is 13.2 Å². The van der Waals surface area contributed by atoms with Crippen LogP contribution >= 0.6 is 11.6 Å². The van der Waals surface area contributed by atoms with Gasteiger partial charge < -0.3 is 4.90 Å². The second-order valence-corrected chi connectivity index (χ2v) is 6.71. The van der Waals surface area contributed by atoms with E-state index in [0.29, 0.717) is 16.2 Å². The van der Waals surface area contributed by atoms with Crippen molar-refractivity contribution in [1.82, 2.24) is 9.62 Å². The summed E-state index contributed by atoms with van der Waals surface area (Å²) in [6.07, 6.45) is 3.01. The number of halogens is 1. The molecule has 0 radical (unpaired) electrons. The number of benzene rings is 1. The third-order valence-electron chi connectivity index (χ3n) is 2.85. The van der Waals surface area contributed by atoms with Crippen molar-refractivity contribution in [3.63, 3.8) is 0 Å². The number of carbonyl (C=O) groups is 1. The van der Waals surface area contributed by atoms with E-state index >= 15 is 0 Å². The number of amides is 2. The number of urea groups is 1. The molecule has 23 heavy (non-hydrogen) atoms. The Bertz CT molecular complexity index is 699. The van der Waals surface area contributed by atoms with E-state index in [1.165, 1.54) is 17.1 Å². The molecule has 2 amide bonds. The lowest BCUT2D eigenvalue weighted by Crippen LogP contribution is -2.42. The summed E-state index contributed by atoms with van der Waals surface area (Å²) in [4.78, 5) is 13.3. The first kappa shape index (κ1) is 19.0. The summed E-state index contributed by atoms with van der Waals surface area (Å²) in [7, 11) is -3.92. The SMILES string of the molecule is C=CCN(CC=C)C(=O)NS(=O)(=O)/C=C(\C)c1ccc(Cl)cc1. The van der Waals surface area contributed by atoms with Crippen LogP contribution in [-0.2, 0) is 10.0 Å². The van der Waals surface area contributed by atoms with Gasteiger partial charge in [-0.25, -0.2) is 17.9 Å². The number of allylic oxidation sites excluding steroid dienone is 1. The highest BCUT2D eigenvalue weighted by molar-refractivity contribution is 7.93. The van der Waals surface area contributed by atoms with Crippen LogP contribution in [0.2, 0.25) is 5.02 Å². The Morgan fingerprint density at radius 1 is 1.22 bits per heavy atom. The molecule has 0 bridgehead atoms. The molecule has 1 aromatic rings. The summed E-state index contributed by atoms with van der Waals surface area (Å²) in [6, 6.07) is 6.00. The summed E-state index contributed by atoms with van der Waals surface area (Å²) in [5, 5.41) is 1.57. The van der Waals surface area contributed by atoms with Crippen molar-refractivity contribution >= 4 is 33.2 Å². The second kappa shape index (κ2) is 8.55. The Hall–Kier alpha value is -2.05. The molecular formula is C16H19ClN2O3S. The van der Waals surface area contributed by atoms with Gasteiger partial charge >= 0.3 is 6.03 Å². The van der Waals surface area contributed by atoms with Crippen LogP contribution in [0.25, 0.3) is 5.57 Å². The van der Waals surface area contributed by atoms with E-state index in [0.717, 1.165) is 5.41 Å². The van der Waals surface area contributed by atoms with Gasteiger partial charge in [-0.1, -0.05) is 35.9 Å². The van der Waals surface area contributed by atoms with Gasteiger partial charge in [-0.2, -0.15) is 0 Å². The fraction of sp³-hybridized carbons (Fsp3) is 0.188. The van der Waals surface area contributed by atoms with Crippen molar-refractivity contribution in [3.05, 3.63) is 65.6 Å². The van der Waals surface area contributed by atoms with Gasteiger partial charge in [0.1, 0.15) is 0 Å². The second-order valence-electron chi connectivity index (χ2n) is 4.74. The Balaban J connectivity index is 2.91. The van der Waals surface area contributed by atoms with Crippen LogP contribution in [0.4, 0.5) is 4.79 Å². The molecule has 1 rings (SSSR count). The smallest absolute Gasteiger partial charge is 0.317 e. The van der Waals surface area contributed by atoms with Crippen molar-refractivity contribution in [2.45, 2.75) is 6.92 Å². The molecule has 0 atom stereocenters. The van der Waals surface area contributed by atoms with Crippen molar-refractivity contribution in [2.24, 2.45) is 0 Å². The third-order valence-corrected chi connectivity index (χ3v) is 4.22. The molecule has 0 aliphatic heterocycles. The monoisotopic (exact) mass is 354 g/mol. The van der Waals surface area contributed by atoms with Crippen LogP contribution in [0.3, 0.4) is 0 Å². The molecule has 0 aliphatic rings. The fourth-order valence-electron chi connectivity index (χ4n) is 1.78. The summed E-state index contributed by atoms with van der Waals surface area (Å²) in [5.74, 6) is 0. The van der Waals surface area contributed by atoms with E-state index < -0.39 is 16.1 Å². The van der Waals surface area contributed by atoms with Gasteiger partial charge in [0.05, 0.1) is 5.41 Å². The van der Waals surface area contributed by atoms with E-state index in [1.54, 1.807) is 31.2 Å². The molecule has 0 heterocycles. The van der Waals surface area contributed by atoms with Crippen molar-refractivity contribution < 1.29 is 13.2 Å².